The van der Waals surface area contributed by atoms with Crippen LogP contribution in [-0.2, 0) is 28.6 Å². The summed E-state index contributed by atoms with van der Waals surface area (Å²) in [5.74, 6) is -1.76. The Bertz CT molecular complexity index is 1020. The predicted molar refractivity (Wildman–Crippen MR) is 231 cm³/mol. The standard InChI is InChI=1S/C48H87NO7/c1-6-8-10-12-14-16-18-20-21-22-23-24-25-26-27-29-30-32-34-36-38-46(50)55-43-44(42-54-41-40-45(48(52)53)49(3,4)5)56-47(51)39-37-35-33-31-28-19-17-15-13-11-9-7-2/h9,11,15,17,23-24,44-45H,6-8,10,12-14,16,18-22,25-43H2,1-5H3/b11-9+,17-15+,24-23+. The second-order valence-corrected chi connectivity index (χ2v) is 16.6. The van der Waals surface area contributed by atoms with Gasteiger partial charge < -0.3 is 28.6 Å². The highest BCUT2D eigenvalue weighted by molar-refractivity contribution is 5.70. The number of unbranched alkanes of at least 4 members (excludes halogenated alkanes) is 21. The monoisotopic (exact) mass is 790 g/mol. The van der Waals surface area contributed by atoms with E-state index >= 15 is 0 Å². The number of nitrogens with zero attached hydrogens (tertiary/aromatic N) is 1. The fraction of sp³-hybridized carbons (Fsp3) is 0.812. The van der Waals surface area contributed by atoms with E-state index in [9.17, 15) is 19.5 Å². The molecule has 326 valence electrons. The van der Waals surface area contributed by atoms with Crippen molar-refractivity contribution in [3.63, 3.8) is 0 Å². The minimum absolute atomic E-state index is 0.0345. The van der Waals surface area contributed by atoms with Crippen molar-refractivity contribution < 1.29 is 38.2 Å². The van der Waals surface area contributed by atoms with Gasteiger partial charge in [0.25, 0.3) is 0 Å². The lowest BCUT2D eigenvalue weighted by Gasteiger charge is -2.34. The first-order valence-electron chi connectivity index (χ1n) is 23.0. The number of rotatable bonds is 41. The molecule has 0 aliphatic heterocycles. The first kappa shape index (κ1) is 53.6. The van der Waals surface area contributed by atoms with Gasteiger partial charge in [0.05, 0.1) is 40.3 Å². The van der Waals surface area contributed by atoms with Crippen LogP contribution in [-0.4, -0.2) is 75.5 Å². The molecule has 0 heterocycles. The highest BCUT2D eigenvalue weighted by Gasteiger charge is 2.25. The molecule has 0 aliphatic rings. The van der Waals surface area contributed by atoms with E-state index in [-0.39, 0.29) is 42.7 Å². The average Bonchev–Trinajstić information content (AvgIpc) is 3.15. The lowest BCUT2D eigenvalue weighted by molar-refractivity contribution is -0.889. The number of carboxylic acid groups (broad SMARTS) is 1. The molecule has 0 aliphatic carbocycles. The summed E-state index contributed by atoms with van der Waals surface area (Å²) in [5.41, 5.74) is 0. The lowest BCUT2D eigenvalue weighted by atomic mass is 10.1. The van der Waals surface area contributed by atoms with Gasteiger partial charge in [-0.15, -0.1) is 0 Å². The van der Waals surface area contributed by atoms with Crippen LogP contribution in [0.2, 0.25) is 0 Å². The summed E-state index contributed by atoms with van der Waals surface area (Å²) in [7, 11) is 5.40. The van der Waals surface area contributed by atoms with Crippen LogP contribution in [0.1, 0.15) is 200 Å². The van der Waals surface area contributed by atoms with Crippen LogP contribution in [0.15, 0.2) is 36.5 Å². The second-order valence-electron chi connectivity index (χ2n) is 16.6. The molecule has 0 amide bonds. The van der Waals surface area contributed by atoms with E-state index in [1.54, 1.807) is 21.1 Å². The predicted octanol–water partition coefficient (Wildman–Crippen LogP) is 11.3. The minimum atomic E-state index is -1.13. The van der Waals surface area contributed by atoms with E-state index < -0.39 is 18.1 Å². The van der Waals surface area contributed by atoms with Crippen molar-refractivity contribution >= 4 is 17.9 Å². The summed E-state index contributed by atoms with van der Waals surface area (Å²) in [6, 6.07) is -0.728. The normalized spacial score (nSPS) is 13.2. The molecule has 0 N–H and O–H groups in total. The number of hydrogen-bond donors (Lipinski definition) is 0. The van der Waals surface area contributed by atoms with Gasteiger partial charge in [0, 0.05) is 19.3 Å². The van der Waals surface area contributed by atoms with Gasteiger partial charge in [0.15, 0.2) is 6.10 Å². The SMILES string of the molecule is CC/C=C/C/C=C/CCCCCCCC(=O)OC(COCCC(C(=O)[O-])[N+](C)(C)C)COC(=O)CCCCCCCCC/C=C/CCCCCCCCCCC. The van der Waals surface area contributed by atoms with Gasteiger partial charge in [-0.2, -0.15) is 0 Å². The molecule has 0 rings (SSSR count). The molecule has 0 radical (unpaired) electrons. The molecule has 0 spiro atoms. The van der Waals surface area contributed by atoms with Gasteiger partial charge in [-0.1, -0.05) is 153 Å². The molecule has 56 heavy (non-hydrogen) atoms. The topological polar surface area (TPSA) is 102 Å². The van der Waals surface area contributed by atoms with Crippen LogP contribution in [0.4, 0.5) is 0 Å². The molecule has 0 saturated heterocycles. The molecule has 0 aromatic carbocycles. The number of likely N-dealkylation sites (N-methyl/N-ethyl adjacent to an activating group) is 1. The third-order valence-electron chi connectivity index (χ3n) is 10.3. The molecule has 0 bridgehead atoms. The zero-order valence-corrected chi connectivity index (χ0v) is 37.1. The first-order chi connectivity index (χ1) is 27.1. The largest absolute Gasteiger partial charge is 0.544 e. The van der Waals surface area contributed by atoms with Gasteiger partial charge in [-0.05, 0) is 64.2 Å². The summed E-state index contributed by atoms with van der Waals surface area (Å²) >= 11 is 0. The van der Waals surface area contributed by atoms with E-state index in [1.807, 2.05) is 0 Å². The maximum Gasteiger partial charge on any atom is 0.306 e. The van der Waals surface area contributed by atoms with E-state index in [0.29, 0.717) is 12.8 Å². The van der Waals surface area contributed by atoms with Crippen molar-refractivity contribution in [2.45, 2.75) is 212 Å². The highest BCUT2D eigenvalue weighted by atomic mass is 16.6. The lowest BCUT2D eigenvalue weighted by Crippen LogP contribution is -2.55. The molecule has 0 saturated carbocycles. The van der Waals surface area contributed by atoms with E-state index in [0.717, 1.165) is 70.6 Å². The van der Waals surface area contributed by atoms with Gasteiger partial charge in [-0.3, -0.25) is 9.59 Å². The number of esters is 2. The minimum Gasteiger partial charge on any atom is -0.544 e. The van der Waals surface area contributed by atoms with Crippen LogP contribution in [0.5, 0.6) is 0 Å². The van der Waals surface area contributed by atoms with Crippen molar-refractivity contribution in [2.24, 2.45) is 0 Å². The van der Waals surface area contributed by atoms with Crippen molar-refractivity contribution in [1.29, 1.82) is 0 Å². The van der Waals surface area contributed by atoms with Gasteiger partial charge >= 0.3 is 11.9 Å². The average molecular weight is 790 g/mol. The fourth-order valence-corrected chi connectivity index (χ4v) is 6.69. The number of quaternary nitrogens is 1. The van der Waals surface area contributed by atoms with Crippen LogP contribution in [0.3, 0.4) is 0 Å². The third-order valence-corrected chi connectivity index (χ3v) is 10.3. The van der Waals surface area contributed by atoms with Crippen LogP contribution < -0.4 is 5.11 Å². The van der Waals surface area contributed by atoms with E-state index in [4.69, 9.17) is 14.2 Å². The highest BCUT2D eigenvalue weighted by Crippen LogP contribution is 2.14. The van der Waals surface area contributed by atoms with Crippen molar-refractivity contribution in [3.8, 4) is 0 Å². The Balaban J connectivity index is 4.26. The van der Waals surface area contributed by atoms with E-state index in [1.165, 1.54) is 96.3 Å². The molecule has 2 atom stereocenters. The second kappa shape index (κ2) is 39.4. The maximum atomic E-state index is 12.7. The summed E-state index contributed by atoms with van der Waals surface area (Å²) in [5, 5.41) is 11.6. The Hall–Kier alpha value is -2.45. The van der Waals surface area contributed by atoms with Crippen molar-refractivity contribution in [2.75, 3.05) is 41.0 Å². The summed E-state index contributed by atoms with van der Waals surface area (Å²) in [4.78, 5) is 36.8. The van der Waals surface area contributed by atoms with Gasteiger partial charge in [0.1, 0.15) is 12.6 Å². The molecular weight excluding hydrogens is 703 g/mol. The Morgan fingerprint density at radius 1 is 0.554 bits per heavy atom. The Morgan fingerprint density at radius 3 is 1.48 bits per heavy atom. The number of carbonyl (C=O) groups is 3. The third kappa shape index (κ3) is 37.1. The Kier molecular flexibility index (Phi) is 37.7. The molecule has 0 aromatic rings. The molecule has 2 unspecified atom stereocenters. The Labute approximate surface area is 344 Å². The quantitative estimate of drug-likeness (QED) is 0.0263. The molecule has 8 heteroatoms. The molecule has 0 aromatic heterocycles. The van der Waals surface area contributed by atoms with Crippen molar-refractivity contribution in [1.82, 2.24) is 0 Å². The number of carbonyl (C=O) groups excluding carboxylic acids is 3. The number of aliphatic carboxylic acids is 1. The zero-order chi connectivity index (χ0) is 41.4. The number of allylic oxidation sites excluding steroid dienone is 6. The fourth-order valence-electron chi connectivity index (χ4n) is 6.69. The van der Waals surface area contributed by atoms with Crippen molar-refractivity contribution in [3.05, 3.63) is 36.5 Å². The van der Waals surface area contributed by atoms with Gasteiger partial charge in [-0.25, -0.2) is 0 Å². The number of hydrogen-bond acceptors (Lipinski definition) is 7. The molecule has 0 fully saturated rings. The Morgan fingerprint density at radius 2 is 1.00 bits per heavy atom. The van der Waals surface area contributed by atoms with E-state index in [2.05, 4.69) is 50.3 Å². The maximum absolute atomic E-state index is 12.7. The summed E-state index contributed by atoms with van der Waals surface area (Å²) < 4.78 is 17.2. The first-order valence-corrected chi connectivity index (χ1v) is 23.0. The summed E-state index contributed by atoms with van der Waals surface area (Å²) in [6.07, 6.45) is 44.6. The van der Waals surface area contributed by atoms with Crippen LogP contribution in [0, 0.1) is 0 Å². The molecule has 8 nitrogen and oxygen atoms in total. The number of ether oxygens (including phenoxy) is 3. The summed E-state index contributed by atoms with van der Waals surface area (Å²) in [6.45, 7) is 4.54. The smallest absolute Gasteiger partial charge is 0.306 e. The van der Waals surface area contributed by atoms with Crippen LogP contribution >= 0.6 is 0 Å². The zero-order valence-electron chi connectivity index (χ0n) is 37.1. The molecular formula is C48H87NO7. The van der Waals surface area contributed by atoms with Crippen LogP contribution in [0.25, 0.3) is 0 Å². The number of carboxylic acids is 1. The van der Waals surface area contributed by atoms with Gasteiger partial charge in [0.2, 0.25) is 0 Å².